The minimum Gasteiger partial charge on any atom is -0.354 e. The van der Waals surface area contributed by atoms with Gasteiger partial charge in [0.15, 0.2) is 0 Å². The van der Waals surface area contributed by atoms with Gasteiger partial charge in [-0.3, -0.25) is 0 Å². The Morgan fingerprint density at radius 2 is 2.05 bits per heavy atom. The monoisotopic (exact) mass is 289 g/mol. The molecule has 1 N–H and O–H groups in total. The van der Waals surface area contributed by atoms with Crippen molar-refractivity contribution in [2.45, 2.75) is 41.0 Å². The van der Waals surface area contributed by atoms with E-state index in [0.717, 1.165) is 44.0 Å². The molecule has 0 amide bonds. The summed E-state index contributed by atoms with van der Waals surface area (Å²) in [6, 6.07) is 2.04. The SMILES string of the molecule is CCNCCN(CC(C)(C)C)c1nc(C#N)ncc1CC. The Kier molecular flexibility index (Phi) is 6.57. The summed E-state index contributed by atoms with van der Waals surface area (Å²) in [5.74, 6) is 1.14. The van der Waals surface area contributed by atoms with E-state index in [0.29, 0.717) is 0 Å². The first-order valence-corrected chi connectivity index (χ1v) is 7.63. The highest BCUT2D eigenvalue weighted by atomic mass is 15.2. The van der Waals surface area contributed by atoms with Crippen molar-refractivity contribution in [3.05, 3.63) is 17.6 Å². The van der Waals surface area contributed by atoms with E-state index in [4.69, 9.17) is 5.26 Å². The van der Waals surface area contributed by atoms with Crippen molar-refractivity contribution in [1.82, 2.24) is 15.3 Å². The molecule has 0 bridgehead atoms. The quantitative estimate of drug-likeness (QED) is 0.781. The molecule has 116 valence electrons. The zero-order valence-corrected chi connectivity index (χ0v) is 13.9. The average Bonchev–Trinajstić information content (AvgIpc) is 2.44. The first-order chi connectivity index (χ1) is 9.91. The second-order valence-electron chi connectivity index (χ2n) is 6.34. The van der Waals surface area contributed by atoms with E-state index < -0.39 is 0 Å². The number of rotatable bonds is 7. The number of hydrogen-bond acceptors (Lipinski definition) is 5. The summed E-state index contributed by atoms with van der Waals surface area (Å²) in [6.45, 7) is 14.5. The van der Waals surface area contributed by atoms with Crippen molar-refractivity contribution in [3.8, 4) is 6.07 Å². The molecule has 5 heteroatoms. The fourth-order valence-corrected chi connectivity index (χ4v) is 2.20. The van der Waals surface area contributed by atoms with Gasteiger partial charge in [-0.15, -0.1) is 0 Å². The summed E-state index contributed by atoms with van der Waals surface area (Å²) < 4.78 is 0. The number of nitrogens with one attached hydrogen (secondary N) is 1. The second kappa shape index (κ2) is 7.94. The fourth-order valence-electron chi connectivity index (χ4n) is 2.20. The molecule has 0 saturated carbocycles. The van der Waals surface area contributed by atoms with Crippen LogP contribution in [0.3, 0.4) is 0 Å². The van der Waals surface area contributed by atoms with Gasteiger partial charge in [-0.25, -0.2) is 9.97 Å². The first kappa shape index (κ1) is 17.4. The normalized spacial score (nSPS) is 11.2. The fraction of sp³-hybridized carbons (Fsp3) is 0.688. The predicted molar refractivity (Wildman–Crippen MR) is 86.3 cm³/mol. The molecular formula is C16H27N5. The Morgan fingerprint density at radius 1 is 1.33 bits per heavy atom. The molecule has 1 rings (SSSR count). The molecule has 5 nitrogen and oxygen atoms in total. The van der Waals surface area contributed by atoms with E-state index in [1.807, 2.05) is 6.07 Å². The lowest BCUT2D eigenvalue weighted by Gasteiger charge is -2.32. The number of hydrogen-bond donors (Lipinski definition) is 1. The summed E-state index contributed by atoms with van der Waals surface area (Å²) in [5.41, 5.74) is 1.25. The van der Waals surface area contributed by atoms with Crippen LogP contribution in [-0.2, 0) is 6.42 Å². The standard InChI is InChI=1S/C16H27N5/c1-6-13-11-19-14(10-17)20-15(13)21(9-8-18-7-2)12-16(3,4)5/h11,18H,6-9,12H2,1-5H3. The van der Waals surface area contributed by atoms with E-state index in [1.54, 1.807) is 6.20 Å². The van der Waals surface area contributed by atoms with Crippen LogP contribution < -0.4 is 10.2 Å². The number of nitrogens with zero attached hydrogens (tertiary/aromatic N) is 4. The lowest BCUT2D eigenvalue weighted by Crippen LogP contribution is -2.39. The minimum atomic E-state index is 0.162. The van der Waals surface area contributed by atoms with Gasteiger partial charge in [0, 0.05) is 31.4 Å². The van der Waals surface area contributed by atoms with Crippen LogP contribution in [0.25, 0.3) is 0 Å². The van der Waals surface area contributed by atoms with Crippen molar-refractivity contribution >= 4 is 5.82 Å². The molecule has 0 saturated heterocycles. The minimum absolute atomic E-state index is 0.162. The third kappa shape index (κ3) is 5.68. The van der Waals surface area contributed by atoms with Gasteiger partial charge in [-0.2, -0.15) is 5.26 Å². The second-order valence-corrected chi connectivity index (χ2v) is 6.34. The Bertz CT molecular complexity index is 484. The number of aromatic nitrogens is 2. The lowest BCUT2D eigenvalue weighted by atomic mass is 9.96. The van der Waals surface area contributed by atoms with Gasteiger partial charge in [0.05, 0.1) is 0 Å². The molecule has 1 aromatic heterocycles. The molecule has 21 heavy (non-hydrogen) atoms. The van der Waals surface area contributed by atoms with Gasteiger partial charge in [-0.1, -0.05) is 34.6 Å². The van der Waals surface area contributed by atoms with Crippen molar-refractivity contribution in [2.24, 2.45) is 5.41 Å². The Balaban J connectivity index is 3.08. The topological polar surface area (TPSA) is 64.8 Å². The number of nitriles is 1. The molecule has 0 unspecified atom stereocenters. The highest BCUT2D eigenvalue weighted by molar-refractivity contribution is 5.47. The third-order valence-corrected chi connectivity index (χ3v) is 3.10. The maximum atomic E-state index is 9.05. The summed E-state index contributed by atoms with van der Waals surface area (Å²) >= 11 is 0. The molecule has 1 aromatic rings. The highest BCUT2D eigenvalue weighted by Gasteiger charge is 2.20. The molecule has 0 spiro atoms. The average molecular weight is 289 g/mol. The molecule has 0 fully saturated rings. The number of likely N-dealkylation sites (N-methyl/N-ethyl adjacent to an activating group) is 1. The maximum absolute atomic E-state index is 9.05. The van der Waals surface area contributed by atoms with Gasteiger partial charge in [0.25, 0.3) is 0 Å². The number of aryl methyl sites for hydroxylation is 1. The molecule has 0 aliphatic heterocycles. The van der Waals surface area contributed by atoms with Crippen LogP contribution in [0.5, 0.6) is 0 Å². The van der Waals surface area contributed by atoms with Crippen molar-refractivity contribution < 1.29 is 0 Å². The van der Waals surface area contributed by atoms with Crippen LogP contribution in [0.2, 0.25) is 0 Å². The first-order valence-electron chi connectivity index (χ1n) is 7.63. The van der Waals surface area contributed by atoms with Crippen LogP contribution >= 0.6 is 0 Å². The van der Waals surface area contributed by atoms with Crippen LogP contribution in [-0.4, -0.2) is 36.1 Å². The van der Waals surface area contributed by atoms with Gasteiger partial charge in [-0.05, 0) is 18.4 Å². The summed E-state index contributed by atoms with van der Waals surface area (Å²) in [7, 11) is 0. The Hall–Kier alpha value is -1.67. The summed E-state index contributed by atoms with van der Waals surface area (Å²) in [6.07, 6.45) is 2.65. The van der Waals surface area contributed by atoms with Gasteiger partial charge in [0.1, 0.15) is 11.9 Å². The Labute approximate surface area is 128 Å². The zero-order valence-electron chi connectivity index (χ0n) is 13.9. The Morgan fingerprint density at radius 3 is 2.57 bits per heavy atom. The molecule has 0 aromatic carbocycles. The van der Waals surface area contributed by atoms with Gasteiger partial charge >= 0.3 is 0 Å². The summed E-state index contributed by atoms with van der Waals surface area (Å²) in [4.78, 5) is 10.8. The van der Waals surface area contributed by atoms with Gasteiger partial charge < -0.3 is 10.2 Å². The highest BCUT2D eigenvalue weighted by Crippen LogP contribution is 2.23. The number of anilines is 1. The van der Waals surface area contributed by atoms with E-state index >= 15 is 0 Å². The van der Waals surface area contributed by atoms with Gasteiger partial charge in [0.2, 0.25) is 5.82 Å². The molecule has 1 heterocycles. The van der Waals surface area contributed by atoms with Crippen LogP contribution in [0.1, 0.15) is 46.0 Å². The van der Waals surface area contributed by atoms with Crippen molar-refractivity contribution in [1.29, 1.82) is 5.26 Å². The van der Waals surface area contributed by atoms with E-state index in [2.05, 4.69) is 54.8 Å². The molecular weight excluding hydrogens is 262 g/mol. The van der Waals surface area contributed by atoms with E-state index in [1.165, 1.54) is 0 Å². The molecule has 0 radical (unpaired) electrons. The predicted octanol–water partition coefficient (Wildman–Crippen LogP) is 2.37. The maximum Gasteiger partial charge on any atom is 0.234 e. The van der Waals surface area contributed by atoms with Crippen molar-refractivity contribution in [2.75, 3.05) is 31.1 Å². The lowest BCUT2D eigenvalue weighted by molar-refractivity contribution is 0.407. The molecule has 0 aliphatic rings. The largest absolute Gasteiger partial charge is 0.354 e. The third-order valence-electron chi connectivity index (χ3n) is 3.10. The van der Waals surface area contributed by atoms with Crippen LogP contribution in [0.15, 0.2) is 6.20 Å². The summed E-state index contributed by atoms with van der Waals surface area (Å²) in [5, 5.41) is 12.4. The zero-order chi connectivity index (χ0) is 15.9. The van der Waals surface area contributed by atoms with E-state index in [-0.39, 0.29) is 11.2 Å². The van der Waals surface area contributed by atoms with Crippen LogP contribution in [0, 0.1) is 16.7 Å². The van der Waals surface area contributed by atoms with Crippen molar-refractivity contribution in [3.63, 3.8) is 0 Å². The smallest absolute Gasteiger partial charge is 0.234 e. The van der Waals surface area contributed by atoms with E-state index in [9.17, 15) is 0 Å². The molecule has 0 atom stereocenters. The van der Waals surface area contributed by atoms with Crippen LogP contribution in [0.4, 0.5) is 5.82 Å². The molecule has 0 aliphatic carbocycles.